The molecule has 0 bridgehead atoms. The lowest BCUT2D eigenvalue weighted by atomic mass is 10.1. The van der Waals surface area contributed by atoms with Crippen molar-refractivity contribution in [1.29, 1.82) is 0 Å². The highest BCUT2D eigenvalue weighted by molar-refractivity contribution is 6.06. The summed E-state index contributed by atoms with van der Waals surface area (Å²) in [5.74, 6) is -1.64. The number of carbonyl (C=O) groups excluding carboxylic acids is 2. The van der Waals surface area contributed by atoms with E-state index in [1.54, 1.807) is 0 Å². The molecule has 0 aliphatic carbocycles. The molecular weight excluding hydrogens is 176 g/mol. The number of imide groups is 1. The molecule has 1 unspecified atom stereocenters. The normalized spacial score (nSPS) is 20.8. The fourth-order valence-electron chi connectivity index (χ4n) is 1.00. The zero-order valence-corrected chi connectivity index (χ0v) is 6.66. The van der Waals surface area contributed by atoms with Gasteiger partial charge in [0.05, 0.1) is 6.42 Å². The number of carboxylic acids is 1. The third kappa shape index (κ3) is 2.05. The maximum atomic E-state index is 11.0. The molecule has 1 saturated heterocycles. The maximum absolute atomic E-state index is 11.0. The number of hydrogen-bond acceptors (Lipinski definition) is 3. The van der Waals surface area contributed by atoms with Crippen molar-refractivity contribution in [3.63, 3.8) is 0 Å². The van der Waals surface area contributed by atoms with Gasteiger partial charge in [-0.1, -0.05) is 6.58 Å². The number of hydrogen-bond donors (Lipinski definition) is 3. The lowest BCUT2D eigenvalue weighted by Gasteiger charge is -2.07. The Kier molecular flexibility index (Phi) is 2.32. The largest absolute Gasteiger partial charge is 0.481 e. The Morgan fingerprint density at radius 3 is 2.54 bits per heavy atom. The van der Waals surface area contributed by atoms with Gasteiger partial charge in [-0.15, -0.1) is 0 Å². The second-order valence-electron chi connectivity index (χ2n) is 2.62. The fourth-order valence-corrected chi connectivity index (χ4v) is 1.00. The Balaban J connectivity index is 2.62. The van der Waals surface area contributed by atoms with Gasteiger partial charge in [-0.25, -0.2) is 4.79 Å². The van der Waals surface area contributed by atoms with E-state index in [4.69, 9.17) is 5.11 Å². The number of amides is 3. The van der Waals surface area contributed by atoms with Gasteiger partial charge in [0.15, 0.2) is 0 Å². The van der Waals surface area contributed by atoms with Gasteiger partial charge < -0.3 is 10.4 Å². The summed E-state index contributed by atoms with van der Waals surface area (Å²) < 4.78 is 0. The van der Waals surface area contributed by atoms with Crippen LogP contribution in [0.2, 0.25) is 0 Å². The molecule has 1 fully saturated rings. The molecular formula is C7H8N2O4. The molecule has 1 atom stereocenters. The standard InChI is InChI=1S/C7H8N2O4/c1-3(2-4(10)11)5-6(12)9-7(13)8-5/h5H,1-2H2,(H,10,11)(H2,8,9,12,13). The Labute approximate surface area is 73.6 Å². The van der Waals surface area contributed by atoms with Crippen LogP contribution < -0.4 is 10.6 Å². The summed E-state index contributed by atoms with van der Waals surface area (Å²) in [5.41, 5.74) is 0.163. The Hall–Kier alpha value is -1.85. The first-order chi connectivity index (χ1) is 6.00. The summed E-state index contributed by atoms with van der Waals surface area (Å²) >= 11 is 0. The first-order valence-electron chi connectivity index (χ1n) is 3.51. The van der Waals surface area contributed by atoms with Crippen LogP contribution in [-0.2, 0) is 9.59 Å². The van der Waals surface area contributed by atoms with Crippen LogP contribution in [0.25, 0.3) is 0 Å². The fraction of sp³-hybridized carbons (Fsp3) is 0.286. The van der Waals surface area contributed by atoms with Crippen LogP contribution in [0.3, 0.4) is 0 Å². The molecule has 0 radical (unpaired) electrons. The van der Waals surface area contributed by atoms with Gasteiger partial charge in [-0.05, 0) is 5.57 Å². The van der Waals surface area contributed by atoms with Crippen molar-refractivity contribution in [3.05, 3.63) is 12.2 Å². The number of urea groups is 1. The van der Waals surface area contributed by atoms with Gasteiger partial charge in [-0.2, -0.15) is 0 Å². The van der Waals surface area contributed by atoms with E-state index >= 15 is 0 Å². The first kappa shape index (κ1) is 9.24. The van der Waals surface area contributed by atoms with E-state index in [0.717, 1.165) is 0 Å². The van der Waals surface area contributed by atoms with Crippen LogP contribution >= 0.6 is 0 Å². The minimum Gasteiger partial charge on any atom is -0.481 e. The van der Waals surface area contributed by atoms with Gasteiger partial charge >= 0.3 is 12.0 Å². The molecule has 1 aliphatic rings. The van der Waals surface area contributed by atoms with Gasteiger partial charge in [-0.3, -0.25) is 14.9 Å². The van der Waals surface area contributed by atoms with Gasteiger partial charge in [0, 0.05) is 0 Å². The van der Waals surface area contributed by atoms with E-state index in [-0.39, 0.29) is 12.0 Å². The molecule has 0 aromatic carbocycles. The van der Waals surface area contributed by atoms with E-state index in [0.29, 0.717) is 0 Å². The molecule has 1 rings (SSSR count). The predicted octanol–water partition coefficient (Wildman–Crippen LogP) is -0.775. The molecule has 0 aromatic heterocycles. The summed E-state index contributed by atoms with van der Waals surface area (Å²) in [5, 5.41) is 12.6. The summed E-state index contributed by atoms with van der Waals surface area (Å²) in [4.78, 5) is 31.8. The molecule has 3 amide bonds. The average molecular weight is 184 g/mol. The Bertz CT molecular complexity index is 297. The zero-order chi connectivity index (χ0) is 10.0. The van der Waals surface area contributed by atoms with Crippen molar-refractivity contribution in [3.8, 4) is 0 Å². The number of aliphatic carboxylic acids is 1. The molecule has 0 aromatic rings. The van der Waals surface area contributed by atoms with E-state index in [1.807, 2.05) is 5.32 Å². The topological polar surface area (TPSA) is 95.5 Å². The number of carboxylic acid groups (broad SMARTS) is 1. The molecule has 13 heavy (non-hydrogen) atoms. The third-order valence-corrected chi connectivity index (χ3v) is 1.56. The van der Waals surface area contributed by atoms with Crippen molar-refractivity contribution in [1.82, 2.24) is 10.6 Å². The zero-order valence-electron chi connectivity index (χ0n) is 6.66. The lowest BCUT2D eigenvalue weighted by Crippen LogP contribution is -2.31. The third-order valence-electron chi connectivity index (χ3n) is 1.56. The Morgan fingerprint density at radius 2 is 2.15 bits per heavy atom. The molecule has 1 heterocycles. The minimum absolute atomic E-state index is 0.163. The lowest BCUT2D eigenvalue weighted by molar-refractivity contribution is -0.136. The monoisotopic (exact) mass is 184 g/mol. The number of carbonyl (C=O) groups is 3. The second kappa shape index (κ2) is 3.26. The summed E-state index contributed by atoms with van der Waals surface area (Å²) in [6.45, 7) is 3.41. The second-order valence-corrected chi connectivity index (χ2v) is 2.62. The smallest absolute Gasteiger partial charge is 0.322 e. The molecule has 3 N–H and O–H groups in total. The quantitative estimate of drug-likeness (QED) is 0.396. The van der Waals surface area contributed by atoms with E-state index in [2.05, 4.69) is 11.9 Å². The molecule has 6 nitrogen and oxygen atoms in total. The van der Waals surface area contributed by atoms with Crippen LogP contribution in [0.15, 0.2) is 12.2 Å². The Morgan fingerprint density at radius 1 is 1.54 bits per heavy atom. The van der Waals surface area contributed by atoms with Crippen molar-refractivity contribution >= 4 is 17.9 Å². The van der Waals surface area contributed by atoms with Crippen LogP contribution in [0.5, 0.6) is 0 Å². The minimum atomic E-state index is -1.08. The van der Waals surface area contributed by atoms with E-state index < -0.39 is 23.9 Å². The van der Waals surface area contributed by atoms with Crippen molar-refractivity contribution in [2.45, 2.75) is 12.5 Å². The van der Waals surface area contributed by atoms with E-state index in [1.165, 1.54) is 0 Å². The molecule has 70 valence electrons. The van der Waals surface area contributed by atoms with Crippen LogP contribution in [0, 0.1) is 0 Å². The summed E-state index contributed by atoms with van der Waals surface area (Å²) in [7, 11) is 0. The highest BCUT2D eigenvalue weighted by atomic mass is 16.4. The summed E-state index contributed by atoms with van der Waals surface area (Å²) in [6.07, 6.45) is -0.335. The average Bonchev–Trinajstić information content (AvgIpc) is 2.28. The number of nitrogens with one attached hydrogen (secondary N) is 2. The predicted molar refractivity (Wildman–Crippen MR) is 41.9 cm³/mol. The first-order valence-corrected chi connectivity index (χ1v) is 3.51. The maximum Gasteiger partial charge on any atom is 0.322 e. The molecule has 0 saturated carbocycles. The van der Waals surface area contributed by atoms with Gasteiger partial charge in [0.1, 0.15) is 6.04 Å². The van der Waals surface area contributed by atoms with Gasteiger partial charge in [0.2, 0.25) is 0 Å². The molecule has 6 heteroatoms. The van der Waals surface area contributed by atoms with Crippen molar-refractivity contribution < 1.29 is 19.5 Å². The summed E-state index contributed by atoms with van der Waals surface area (Å²) in [6, 6.07) is -1.54. The highest BCUT2D eigenvalue weighted by Gasteiger charge is 2.31. The SMILES string of the molecule is C=C(CC(=O)O)C1NC(=O)NC1=O. The van der Waals surface area contributed by atoms with Crippen molar-refractivity contribution in [2.24, 2.45) is 0 Å². The molecule has 0 spiro atoms. The van der Waals surface area contributed by atoms with Crippen LogP contribution in [-0.4, -0.2) is 29.1 Å². The van der Waals surface area contributed by atoms with E-state index in [9.17, 15) is 14.4 Å². The van der Waals surface area contributed by atoms with Crippen molar-refractivity contribution in [2.75, 3.05) is 0 Å². The van der Waals surface area contributed by atoms with Crippen LogP contribution in [0.4, 0.5) is 4.79 Å². The van der Waals surface area contributed by atoms with Gasteiger partial charge in [0.25, 0.3) is 5.91 Å². The van der Waals surface area contributed by atoms with Crippen LogP contribution in [0.1, 0.15) is 6.42 Å². The number of rotatable bonds is 3. The highest BCUT2D eigenvalue weighted by Crippen LogP contribution is 2.08. The molecule has 1 aliphatic heterocycles.